The van der Waals surface area contributed by atoms with Crippen molar-refractivity contribution in [1.82, 2.24) is 10.1 Å². The molecule has 3 aromatic carbocycles. The zero-order valence-electron chi connectivity index (χ0n) is 14.1. The molecule has 4 aromatic rings. The van der Waals surface area contributed by atoms with Crippen LogP contribution in [-0.4, -0.2) is 16.0 Å². The SMILES string of the molecule is O=C(CCc1nc(-c2ccccc2)no1)Nc1ccc2ccccc2c1. The van der Waals surface area contributed by atoms with Crippen molar-refractivity contribution in [3.8, 4) is 11.4 Å². The Morgan fingerprint density at radius 1 is 0.923 bits per heavy atom. The Labute approximate surface area is 150 Å². The highest BCUT2D eigenvalue weighted by molar-refractivity contribution is 5.94. The average Bonchev–Trinajstić information content (AvgIpc) is 3.16. The fourth-order valence-electron chi connectivity index (χ4n) is 2.77. The normalized spacial score (nSPS) is 10.8. The van der Waals surface area contributed by atoms with Crippen LogP contribution in [0.4, 0.5) is 5.69 Å². The number of hydrogen-bond donors (Lipinski definition) is 1. The Morgan fingerprint density at radius 3 is 2.54 bits per heavy atom. The smallest absolute Gasteiger partial charge is 0.227 e. The highest BCUT2D eigenvalue weighted by Gasteiger charge is 2.10. The lowest BCUT2D eigenvalue weighted by atomic mass is 10.1. The lowest BCUT2D eigenvalue weighted by Crippen LogP contribution is -2.12. The van der Waals surface area contributed by atoms with Crippen molar-refractivity contribution in [1.29, 1.82) is 0 Å². The summed E-state index contributed by atoms with van der Waals surface area (Å²) >= 11 is 0. The summed E-state index contributed by atoms with van der Waals surface area (Å²) in [4.78, 5) is 16.5. The predicted molar refractivity (Wildman–Crippen MR) is 101 cm³/mol. The Hall–Kier alpha value is -3.47. The van der Waals surface area contributed by atoms with Gasteiger partial charge in [0.15, 0.2) is 0 Å². The van der Waals surface area contributed by atoms with E-state index in [1.54, 1.807) is 0 Å². The standard InChI is InChI=1S/C21H17N3O2/c25-19(22-18-11-10-15-6-4-5-9-17(15)14-18)12-13-20-23-21(24-26-20)16-7-2-1-3-8-16/h1-11,14H,12-13H2,(H,22,25). The Bertz CT molecular complexity index is 1040. The molecule has 26 heavy (non-hydrogen) atoms. The van der Waals surface area contributed by atoms with Gasteiger partial charge in [-0.1, -0.05) is 65.8 Å². The van der Waals surface area contributed by atoms with Gasteiger partial charge >= 0.3 is 0 Å². The molecule has 1 amide bonds. The van der Waals surface area contributed by atoms with Gasteiger partial charge in [0.2, 0.25) is 17.6 Å². The first-order valence-corrected chi connectivity index (χ1v) is 8.44. The molecule has 0 bridgehead atoms. The number of anilines is 1. The number of aryl methyl sites for hydroxylation is 1. The molecule has 0 atom stereocenters. The fraction of sp³-hybridized carbons (Fsp3) is 0.0952. The highest BCUT2D eigenvalue weighted by atomic mass is 16.5. The molecule has 0 aliphatic rings. The summed E-state index contributed by atoms with van der Waals surface area (Å²) in [5.41, 5.74) is 1.67. The van der Waals surface area contributed by atoms with Crippen LogP contribution in [0.2, 0.25) is 0 Å². The zero-order chi connectivity index (χ0) is 17.8. The summed E-state index contributed by atoms with van der Waals surface area (Å²) in [6.45, 7) is 0. The second-order valence-corrected chi connectivity index (χ2v) is 5.99. The van der Waals surface area contributed by atoms with Crippen LogP contribution in [-0.2, 0) is 11.2 Å². The largest absolute Gasteiger partial charge is 0.339 e. The summed E-state index contributed by atoms with van der Waals surface area (Å²) in [6.07, 6.45) is 0.683. The minimum Gasteiger partial charge on any atom is -0.339 e. The quantitative estimate of drug-likeness (QED) is 0.581. The van der Waals surface area contributed by atoms with Crippen LogP contribution < -0.4 is 5.32 Å². The molecule has 1 aromatic heterocycles. The Kier molecular flexibility index (Phi) is 4.43. The molecule has 0 spiro atoms. The van der Waals surface area contributed by atoms with Gasteiger partial charge in [-0.05, 0) is 22.9 Å². The van der Waals surface area contributed by atoms with Crippen molar-refractivity contribution in [3.05, 3.63) is 78.7 Å². The van der Waals surface area contributed by atoms with Gasteiger partial charge in [-0.25, -0.2) is 0 Å². The van der Waals surface area contributed by atoms with E-state index >= 15 is 0 Å². The molecular weight excluding hydrogens is 326 g/mol. The lowest BCUT2D eigenvalue weighted by Gasteiger charge is -2.05. The van der Waals surface area contributed by atoms with E-state index in [0.717, 1.165) is 22.0 Å². The molecule has 128 valence electrons. The molecule has 1 heterocycles. The average molecular weight is 343 g/mol. The number of benzene rings is 3. The first-order chi connectivity index (χ1) is 12.8. The van der Waals surface area contributed by atoms with Crippen LogP contribution in [0.3, 0.4) is 0 Å². The van der Waals surface area contributed by atoms with Crippen molar-refractivity contribution in [2.75, 3.05) is 5.32 Å². The maximum Gasteiger partial charge on any atom is 0.227 e. The van der Waals surface area contributed by atoms with E-state index in [2.05, 4.69) is 15.5 Å². The van der Waals surface area contributed by atoms with E-state index < -0.39 is 0 Å². The van der Waals surface area contributed by atoms with Gasteiger partial charge in [0.05, 0.1) is 0 Å². The first kappa shape index (κ1) is 16.0. The van der Waals surface area contributed by atoms with Crippen LogP contribution in [0, 0.1) is 0 Å². The number of aromatic nitrogens is 2. The van der Waals surface area contributed by atoms with E-state index in [0.29, 0.717) is 18.1 Å². The maximum absolute atomic E-state index is 12.2. The maximum atomic E-state index is 12.2. The Morgan fingerprint density at radius 2 is 1.69 bits per heavy atom. The van der Waals surface area contributed by atoms with E-state index in [9.17, 15) is 4.79 Å². The van der Waals surface area contributed by atoms with Gasteiger partial charge in [0.1, 0.15) is 0 Å². The summed E-state index contributed by atoms with van der Waals surface area (Å²) in [7, 11) is 0. The number of nitrogens with one attached hydrogen (secondary N) is 1. The number of nitrogens with zero attached hydrogens (tertiary/aromatic N) is 2. The van der Waals surface area contributed by atoms with E-state index in [1.165, 1.54) is 0 Å². The van der Waals surface area contributed by atoms with Crippen molar-refractivity contribution >= 4 is 22.4 Å². The van der Waals surface area contributed by atoms with E-state index in [-0.39, 0.29) is 12.3 Å². The van der Waals surface area contributed by atoms with Gasteiger partial charge in [-0.2, -0.15) is 4.98 Å². The molecule has 0 fully saturated rings. The summed E-state index contributed by atoms with van der Waals surface area (Å²) in [5, 5.41) is 9.11. The van der Waals surface area contributed by atoms with Gasteiger partial charge in [-0.3, -0.25) is 4.79 Å². The monoisotopic (exact) mass is 343 g/mol. The predicted octanol–water partition coefficient (Wildman–Crippen LogP) is 4.46. The van der Waals surface area contributed by atoms with Crippen LogP contribution in [0.5, 0.6) is 0 Å². The number of rotatable bonds is 5. The van der Waals surface area contributed by atoms with Crippen molar-refractivity contribution in [2.45, 2.75) is 12.8 Å². The van der Waals surface area contributed by atoms with Crippen LogP contribution >= 0.6 is 0 Å². The number of carbonyl (C=O) groups excluding carboxylic acids is 1. The van der Waals surface area contributed by atoms with Crippen molar-refractivity contribution in [3.63, 3.8) is 0 Å². The van der Waals surface area contributed by atoms with Gasteiger partial charge < -0.3 is 9.84 Å². The third-order valence-corrected chi connectivity index (χ3v) is 4.10. The second-order valence-electron chi connectivity index (χ2n) is 5.99. The number of fused-ring (bicyclic) bond motifs is 1. The second kappa shape index (κ2) is 7.19. The topological polar surface area (TPSA) is 68.0 Å². The van der Waals surface area contributed by atoms with Gasteiger partial charge in [-0.15, -0.1) is 0 Å². The molecule has 0 saturated carbocycles. The van der Waals surface area contributed by atoms with Gasteiger partial charge in [0, 0.05) is 24.1 Å². The molecule has 0 aliphatic carbocycles. The molecule has 0 saturated heterocycles. The van der Waals surface area contributed by atoms with E-state index in [1.807, 2.05) is 72.8 Å². The molecule has 0 radical (unpaired) electrons. The summed E-state index contributed by atoms with van der Waals surface area (Å²) in [6, 6.07) is 23.5. The zero-order valence-corrected chi connectivity index (χ0v) is 14.1. The van der Waals surface area contributed by atoms with E-state index in [4.69, 9.17) is 4.52 Å². The first-order valence-electron chi connectivity index (χ1n) is 8.44. The minimum atomic E-state index is -0.0836. The summed E-state index contributed by atoms with van der Waals surface area (Å²) < 4.78 is 5.24. The van der Waals surface area contributed by atoms with Crippen molar-refractivity contribution < 1.29 is 9.32 Å². The molecule has 1 N–H and O–H groups in total. The van der Waals surface area contributed by atoms with Crippen molar-refractivity contribution in [2.24, 2.45) is 0 Å². The summed E-state index contributed by atoms with van der Waals surface area (Å²) in [5.74, 6) is 0.910. The van der Waals surface area contributed by atoms with Crippen LogP contribution in [0.25, 0.3) is 22.2 Å². The lowest BCUT2D eigenvalue weighted by molar-refractivity contribution is -0.116. The molecular formula is C21H17N3O2. The van der Waals surface area contributed by atoms with Crippen LogP contribution in [0.15, 0.2) is 77.3 Å². The Balaban J connectivity index is 1.37. The molecule has 0 unspecified atom stereocenters. The number of hydrogen-bond acceptors (Lipinski definition) is 4. The number of carbonyl (C=O) groups is 1. The third kappa shape index (κ3) is 3.62. The third-order valence-electron chi connectivity index (χ3n) is 4.10. The number of amides is 1. The highest BCUT2D eigenvalue weighted by Crippen LogP contribution is 2.19. The molecule has 4 rings (SSSR count). The van der Waals surface area contributed by atoms with Crippen LogP contribution in [0.1, 0.15) is 12.3 Å². The molecule has 0 aliphatic heterocycles. The molecule has 5 nitrogen and oxygen atoms in total. The fourth-order valence-corrected chi connectivity index (χ4v) is 2.77. The van der Waals surface area contributed by atoms with Gasteiger partial charge in [0.25, 0.3) is 0 Å². The molecule has 5 heteroatoms. The minimum absolute atomic E-state index is 0.0836.